The van der Waals surface area contributed by atoms with Crippen molar-refractivity contribution in [2.45, 2.75) is 78.1 Å². The molecule has 1 atom stereocenters. The van der Waals surface area contributed by atoms with Gasteiger partial charge in [-0.3, -0.25) is 12.5 Å². The smallest absolute Gasteiger partial charge is 0.270 e. The highest BCUT2D eigenvalue weighted by Crippen LogP contribution is 2.05. The molecule has 0 rings (SSSR count). The molecule has 0 aliphatic heterocycles. The second kappa shape index (κ2) is 16.4. The molecule has 0 amide bonds. The summed E-state index contributed by atoms with van der Waals surface area (Å²) in [5.41, 5.74) is 0. The average molecular weight is 387 g/mol. The van der Waals surface area contributed by atoms with E-state index in [4.69, 9.17) is 12.5 Å². The summed E-state index contributed by atoms with van der Waals surface area (Å²) >= 11 is -1.71. The molecule has 0 aliphatic carbocycles. The van der Waals surface area contributed by atoms with Gasteiger partial charge in [0, 0.05) is 0 Å². The Kier molecular flexibility index (Phi) is 16.4. The molecule has 0 radical (unpaired) electrons. The lowest BCUT2D eigenvalue weighted by Gasteiger charge is -2.06. The van der Waals surface area contributed by atoms with Crippen LogP contribution in [0.2, 0.25) is 0 Å². The lowest BCUT2D eigenvalue weighted by molar-refractivity contribution is 0.232. The molecule has 8 heteroatoms. The van der Waals surface area contributed by atoms with Crippen LogP contribution in [0.25, 0.3) is 0 Å². The molecular weight excluding hydrogens is 352 g/mol. The second-order valence-corrected chi connectivity index (χ2v) is 8.40. The van der Waals surface area contributed by atoms with Crippen LogP contribution >= 0.6 is 0 Å². The molecule has 0 aliphatic rings. The van der Waals surface area contributed by atoms with E-state index >= 15 is 0 Å². The van der Waals surface area contributed by atoms with Gasteiger partial charge in [0.15, 0.2) is 0 Å². The van der Waals surface area contributed by atoms with Crippen LogP contribution in [0.1, 0.15) is 78.1 Å². The highest BCUT2D eigenvalue weighted by Gasteiger charge is 2.10. The van der Waals surface area contributed by atoms with Crippen LogP contribution in [0.5, 0.6) is 0 Å². The minimum Gasteiger partial charge on any atom is -0.270 e. The second-order valence-electron chi connectivity index (χ2n) is 5.76. The fourth-order valence-corrected chi connectivity index (χ4v) is 3.59. The molecule has 0 aromatic heterocycles. The third-order valence-corrected chi connectivity index (χ3v) is 5.44. The molecule has 0 saturated carbocycles. The molecule has 0 fully saturated rings. The van der Waals surface area contributed by atoms with Gasteiger partial charge in [0.2, 0.25) is 0 Å². The van der Waals surface area contributed by atoms with Crippen molar-refractivity contribution in [3.8, 4) is 0 Å². The predicted molar refractivity (Wildman–Crippen MR) is 97.3 cm³/mol. The Morgan fingerprint density at radius 1 is 0.708 bits per heavy atom. The van der Waals surface area contributed by atoms with E-state index in [1.54, 1.807) is 0 Å². The number of hydrogen-bond donors (Lipinski definition) is 0. The van der Waals surface area contributed by atoms with Gasteiger partial charge < -0.3 is 0 Å². The summed E-state index contributed by atoms with van der Waals surface area (Å²) in [4.78, 5) is 0. The van der Waals surface area contributed by atoms with Crippen molar-refractivity contribution in [1.82, 2.24) is 0 Å². The Morgan fingerprint density at radius 3 is 1.79 bits per heavy atom. The molecule has 24 heavy (non-hydrogen) atoms. The van der Waals surface area contributed by atoms with Crippen molar-refractivity contribution < 1.29 is 25.2 Å². The first-order valence-electron chi connectivity index (χ1n) is 9.07. The van der Waals surface area contributed by atoms with Crippen LogP contribution in [0.3, 0.4) is 0 Å². The number of hydrogen-bond acceptors (Lipinski definition) is 6. The van der Waals surface area contributed by atoms with Gasteiger partial charge in [-0.15, -0.1) is 0 Å². The van der Waals surface area contributed by atoms with Crippen molar-refractivity contribution in [2.75, 3.05) is 25.6 Å². The fraction of sp³-hybridized carbons (Fsp3) is 1.00. The summed E-state index contributed by atoms with van der Waals surface area (Å²) in [6.07, 6.45) is 9.05. The Morgan fingerprint density at radius 2 is 1.21 bits per heavy atom. The maximum atomic E-state index is 11.6. The summed E-state index contributed by atoms with van der Waals surface area (Å²) in [6.45, 7) is 5.05. The summed E-state index contributed by atoms with van der Waals surface area (Å²) < 4.78 is 49.6. The van der Waals surface area contributed by atoms with E-state index in [9.17, 15) is 12.6 Å². The molecule has 146 valence electrons. The first kappa shape index (κ1) is 24.0. The van der Waals surface area contributed by atoms with Crippen molar-refractivity contribution >= 4 is 21.5 Å². The van der Waals surface area contributed by atoms with Crippen LogP contribution in [0, 0.1) is 0 Å². The van der Waals surface area contributed by atoms with Crippen LogP contribution in [0.15, 0.2) is 0 Å². The minimum absolute atomic E-state index is 0.0827. The molecule has 6 nitrogen and oxygen atoms in total. The zero-order valence-corrected chi connectivity index (χ0v) is 16.8. The van der Waals surface area contributed by atoms with Crippen LogP contribution in [-0.2, 0) is 34.0 Å². The molecular formula is C16H34O6S2. The van der Waals surface area contributed by atoms with Crippen molar-refractivity contribution in [3.63, 3.8) is 0 Å². The highest BCUT2D eigenvalue weighted by atomic mass is 32.2. The van der Waals surface area contributed by atoms with Crippen molar-refractivity contribution in [1.29, 1.82) is 0 Å². The van der Waals surface area contributed by atoms with Crippen LogP contribution < -0.4 is 0 Å². The lowest BCUT2D eigenvalue weighted by atomic mass is 10.2. The first-order chi connectivity index (χ1) is 11.5. The molecule has 0 saturated heterocycles. The van der Waals surface area contributed by atoms with Crippen LogP contribution in [0.4, 0.5) is 0 Å². The Hall–Kier alpha value is -0.0200. The van der Waals surface area contributed by atoms with E-state index in [2.05, 4.69) is 13.8 Å². The zero-order valence-electron chi connectivity index (χ0n) is 15.2. The van der Waals surface area contributed by atoms with E-state index in [1.165, 1.54) is 0 Å². The molecule has 0 spiro atoms. The van der Waals surface area contributed by atoms with Gasteiger partial charge in [0.1, 0.15) is 0 Å². The van der Waals surface area contributed by atoms with Gasteiger partial charge in [-0.05, 0) is 25.7 Å². The third kappa shape index (κ3) is 16.8. The zero-order chi connectivity index (χ0) is 18.1. The summed E-state index contributed by atoms with van der Waals surface area (Å²) in [5, 5.41) is 0. The highest BCUT2D eigenvalue weighted by molar-refractivity contribution is 7.86. The van der Waals surface area contributed by atoms with E-state index in [1.807, 2.05) is 0 Å². The first-order valence-corrected chi connectivity index (χ1v) is 11.6. The van der Waals surface area contributed by atoms with E-state index < -0.39 is 21.5 Å². The molecule has 0 heterocycles. The summed E-state index contributed by atoms with van der Waals surface area (Å²) in [5.74, 6) is 0.0827. The fourth-order valence-electron chi connectivity index (χ4n) is 1.97. The monoisotopic (exact) mass is 386 g/mol. The quantitative estimate of drug-likeness (QED) is 0.263. The van der Waals surface area contributed by atoms with Crippen molar-refractivity contribution in [2.24, 2.45) is 0 Å². The van der Waals surface area contributed by atoms with E-state index in [0.717, 1.165) is 44.9 Å². The average Bonchev–Trinajstić information content (AvgIpc) is 2.54. The molecule has 0 aromatic carbocycles. The normalized spacial score (nSPS) is 13.2. The molecule has 0 N–H and O–H groups in total. The SMILES string of the molecule is CCCCCCOS(=O)OCCCCOS(=O)(=O)CCCCCC. The lowest BCUT2D eigenvalue weighted by Crippen LogP contribution is -2.12. The Bertz CT molecular complexity index is 397. The van der Waals surface area contributed by atoms with Gasteiger partial charge in [-0.25, -0.2) is 0 Å². The van der Waals surface area contributed by atoms with Gasteiger partial charge in [0.25, 0.3) is 10.1 Å². The molecule has 0 aromatic rings. The maximum absolute atomic E-state index is 11.6. The summed E-state index contributed by atoms with van der Waals surface area (Å²) in [6, 6.07) is 0. The number of rotatable bonds is 18. The van der Waals surface area contributed by atoms with Crippen molar-refractivity contribution in [3.05, 3.63) is 0 Å². The van der Waals surface area contributed by atoms with Gasteiger partial charge in [0.05, 0.1) is 25.6 Å². The predicted octanol–water partition coefficient (Wildman–Crippen LogP) is 3.89. The van der Waals surface area contributed by atoms with E-state index in [-0.39, 0.29) is 19.0 Å². The third-order valence-electron chi connectivity index (χ3n) is 3.41. The topological polar surface area (TPSA) is 78.9 Å². The minimum atomic E-state index is -3.41. The largest absolute Gasteiger partial charge is 0.304 e. The van der Waals surface area contributed by atoms with Gasteiger partial charge in [-0.2, -0.15) is 12.6 Å². The number of unbranched alkanes of at least 4 members (excludes halogenated alkanes) is 7. The van der Waals surface area contributed by atoms with Crippen LogP contribution in [-0.4, -0.2) is 38.2 Å². The van der Waals surface area contributed by atoms with Gasteiger partial charge >= 0.3 is 11.4 Å². The Labute approximate surface area is 150 Å². The standard InChI is InChI=1S/C16H34O6S2/c1-3-5-7-9-13-20-23(17)21-14-10-11-15-22-24(18,19)16-12-8-6-4-2/h3-16H2,1-2H3. The Balaban J connectivity index is 3.47. The van der Waals surface area contributed by atoms with Gasteiger partial charge in [-0.1, -0.05) is 52.4 Å². The molecule has 0 bridgehead atoms. The molecule has 1 unspecified atom stereocenters. The maximum Gasteiger partial charge on any atom is 0.304 e. The van der Waals surface area contributed by atoms with E-state index in [0.29, 0.717) is 25.9 Å². The summed E-state index contributed by atoms with van der Waals surface area (Å²) in [7, 11) is -3.41.